The van der Waals surface area contributed by atoms with E-state index in [1.807, 2.05) is 21.8 Å². The third-order valence-electron chi connectivity index (χ3n) is 6.35. The van der Waals surface area contributed by atoms with E-state index in [2.05, 4.69) is 30.9 Å². The maximum Gasteiger partial charge on any atom is 0.254 e. The van der Waals surface area contributed by atoms with E-state index in [0.29, 0.717) is 13.0 Å². The molecule has 2 aromatic heterocycles. The van der Waals surface area contributed by atoms with Gasteiger partial charge in [0, 0.05) is 54.8 Å². The molecule has 1 saturated heterocycles. The highest BCUT2D eigenvalue weighted by Gasteiger charge is 2.45. The van der Waals surface area contributed by atoms with Crippen molar-refractivity contribution in [2.45, 2.75) is 76.7 Å². The monoisotopic (exact) mass is 397 g/mol. The molecule has 1 fully saturated rings. The molecule has 1 aliphatic heterocycles. The molecule has 1 atom stereocenters. The van der Waals surface area contributed by atoms with E-state index in [-0.39, 0.29) is 22.3 Å². The van der Waals surface area contributed by atoms with Gasteiger partial charge in [-0.15, -0.1) is 0 Å². The Bertz CT molecular complexity index is 941. The number of carbonyl (C=O) groups excluding carboxylic acids is 1. The lowest BCUT2D eigenvalue weighted by molar-refractivity contribution is -0.133. The number of aromatic amines is 1. The molecule has 0 bridgehead atoms. The van der Waals surface area contributed by atoms with Crippen molar-refractivity contribution in [3.8, 4) is 0 Å². The lowest BCUT2D eigenvalue weighted by atomic mass is 9.77. The normalized spacial score (nSPS) is 21.6. The maximum atomic E-state index is 12.9. The van der Waals surface area contributed by atoms with Gasteiger partial charge >= 0.3 is 0 Å². The summed E-state index contributed by atoms with van der Waals surface area (Å²) in [5.41, 5.74) is 1.39. The van der Waals surface area contributed by atoms with Crippen molar-refractivity contribution in [1.29, 1.82) is 0 Å². The fourth-order valence-electron chi connectivity index (χ4n) is 4.73. The average molecular weight is 398 g/mol. The molecule has 7 nitrogen and oxygen atoms in total. The van der Waals surface area contributed by atoms with Crippen LogP contribution in [0.3, 0.4) is 0 Å². The minimum Gasteiger partial charge on any atom is -0.342 e. The van der Waals surface area contributed by atoms with Gasteiger partial charge in [-0.3, -0.25) is 14.3 Å². The number of carbonyl (C=O) groups is 1. The molecule has 0 radical (unpaired) electrons. The van der Waals surface area contributed by atoms with Gasteiger partial charge in [-0.2, -0.15) is 5.10 Å². The molecule has 3 heterocycles. The topological polar surface area (TPSA) is 83.9 Å². The van der Waals surface area contributed by atoms with Crippen molar-refractivity contribution in [2.75, 3.05) is 13.1 Å². The number of hydrogen-bond donors (Lipinski definition) is 1. The van der Waals surface area contributed by atoms with Crippen LogP contribution in [-0.2, 0) is 28.6 Å². The average Bonchev–Trinajstić information content (AvgIpc) is 3.30. The lowest BCUT2D eigenvalue weighted by Gasteiger charge is -2.41. The summed E-state index contributed by atoms with van der Waals surface area (Å²) >= 11 is 0. The Morgan fingerprint density at radius 1 is 1.31 bits per heavy atom. The van der Waals surface area contributed by atoms with Gasteiger partial charge in [0.25, 0.3) is 5.56 Å². The minimum atomic E-state index is -0.214. The van der Waals surface area contributed by atoms with Crippen LogP contribution >= 0.6 is 0 Å². The molecule has 1 N–H and O–H groups in total. The zero-order valence-electron chi connectivity index (χ0n) is 17.7. The third-order valence-corrected chi connectivity index (χ3v) is 6.35. The van der Waals surface area contributed by atoms with Gasteiger partial charge in [-0.25, -0.2) is 4.98 Å². The first-order valence-electron chi connectivity index (χ1n) is 10.7. The first-order chi connectivity index (χ1) is 13.8. The molecule has 7 heteroatoms. The molecular formula is C22H31N5O2. The Morgan fingerprint density at radius 3 is 2.86 bits per heavy atom. The van der Waals surface area contributed by atoms with Crippen molar-refractivity contribution in [3.05, 3.63) is 45.9 Å². The summed E-state index contributed by atoms with van der Waals surface area (Å²) in [4.78, 5) is 35.5. The largest absolute Gasteiger partial charge is 0.342 e. The molecular weight excluding hydrogens is 366 g/mol. The SMILES string of the molecule is CC(C)(C)c1nc2c(c(=O)[nH]1)CCC21CCCN(C(=O)CCCn2cccn2)C1. The number of nitrogens with one attached hydrogen (secondary N) is 1. The Balaban J connectivity index is 1.51. The maximum absolute atomic E-state index is 12.9. The van der Waals surface area contributed by atoms with Crippen LogP contribution in [0.15, 0.2) is 23.3 Å². The van der Waals surface area contributed by atoms with E-state index in [1.165, 1.54) is 0 Å². The van der Waals surface area contributed by atoms with Crippen LogP contribution in [0.25, 0.3) is 0 Å². The lowest BCUT2D eigenvalue weighted by Crippen LogP contribution is -2.48. The zero-order valence-corrected chi connectivity index (χ0v) is 17.7. The van der Waals surface area contributed by atoms with E-state index < -0.39 is 0 Å². The van der Waals surface area contributed by atoms with Crippen molar-refractivity contribution in [2.24, 2.45) is 0 Å². The molecule has 2 aliphatic rings. The number of H-pyrrole nitrogens is 1. The van der Waals surface area contributed by atoms with Gasteiger partial charge in [0.15, 0.2) is 0 Å². The van der Waals surface area contributed by atoms with Crippen molar-refractivity contribution in [1.82, 2.24) is 24.6 Å². The van der Waals surface area contributed by atoms with E-state index in [9.17, 15) is 9.59 Å². The molecule has 1 aliphatic carbocycles. The summed E-state index contributed by atoms with van der Waals surface area (Å²) in [6.07, 6.45) is 8.61. The molecule has 29 heavy (non-hydrogen) atoms. The second-order valence-electron chi connectivity index (χ2n) is 9.56. The summed E-state index contributed by atoms with van der Waals surface area (Å²) in [5.74, 6) is 0.941. The molecule has 0 saturated carbocycles. The number of fused-ring (bicyclic) bond motifs is 2. The van der Waals surface area contributed by atoms with Crippen molar-refractivity contribution in [3.63, 3.8) is 0 Å². The predicted molar refractivity (Wildman–Crippen MR) is 111 cm³/mol. The van der Waals surface area contributed by atoms with E-state index in [0.717, 1.165) is 62.3 Å². The highest BCUT2D eigenvalue weighted by Crippen LogP contribution is 2.43. The Kier molecular flexibility index (Phi) is 5.09. The molecule has 4 rings (SSSR count). The Morgan fingerprint density at radius 2 is 2.14 bits per heavy atom. The molecule has 0 aromatic carbocycles. The minimum absolute atomic E-state index is 0.000488. The molecule has 1 amide bonds. The van der Waals surface area contributed by atoms with Gasteiger partial charge in [0.2, 0.25) is 5.91 Å². The van der Waals surface area contributed by atoms with Crippen molar-refractivity contribution >= 4 is 5.91 Å². The number of piperidine rings is 1. The highest BCUT2D eigenvalue weighted by molar-refractivity contribution is 5.76. The van der Waals surface area contributed by atoms with Gasteiger partial charge in [-0.1, -0.05) is 20.8 Å². The van der Waals surface area contributed by atoms with Gasteiger partial charge in [0.05, 0.1) is 5.69 Å². The number of aryl methyl sites for hydroxylation is 1. The highest BCUT2D eigenvalue weighted by atomic mass is 16.2. The van der Waals surface area contributed by atoms with E-state index >= 15 is 0 Å². The molecule has 156 valence electrons. The number of nitrogens with zero attached hydrogens (tertiary/aromatic N) is 4. The predicted octanol–water partition coefficient (Wildman–Crippen LogP) is 2.55. The van der Waals surface area contributed by atoms with Gasteiger partial charge in [0.1, 0.15) is 5.82 Å². The summed E-state index contributed by atoms with van der Waals surface area (Å²) in [6.45, 7) is 8.43. The van der Waals surface area contributed by atoms with E-state index in [4.69, 9.17) is 4.98 Å². The second kappa shape index (κ2) is 7.43. The first kappa shape index (κ1) is 19.9. The zero-order chi connectivity index (χ0) is 20.6. The molecule has 2 aromatic rings. The van der Waals surface area contributed by atoms with Crippen LogP contribution in [0.2, 0.25) is 0 Å². The summed E-state index contributed by atoms with van der Waals surface area (Å²) in [7, 11) is 0. The Hall–Kier alpha value is -2.44. The smallest absolute Gasteiger partial charge is 0.254 e. The quantitative estimate of drug-likeness (QED) is 0.859. The van der Waals surface area contributed by atoms with Crippen LogP contribution in [0.1, 0.15) is 70.0 Å². The summed E-state index contributed by atoms with van der Waals surface area (Å²) < 4.78 is 1.86. The molecule has 1 unspecified atom stereocenters. The number of aromatic nitrogens is 4. The van der Waals surface area contributed by atoms with Crippen LogP contribution in [-0.4, -0.2) is 43.6 Å². The van der Waals surface area contributed by atoms with Gasteiger partial charge in [-0.05, 0) is 38.2 Å². The Labute approximate surface area is 171 Å². The number of hydrogen-bond acceptors (Lipinski definition) is 4. The fraction of sp³-hybridized carbons (Fsp3) is 0.636. The van der Waals surface area contributed by atoms with E-state index in [1.54, 1.807) is 6.20 Å². The van der Waals surface area contributed by atoms with Crippen LogP contribution < -0.4 is 5.56 Å². The van der Waals surface area contributed by atoms with Crippen molar-refractivity contribution < 1.29 is 4.79 Å². The fourth-order valence-corrected chi connectivity index (χ4v) is 4.73. The number of rotatable bonds is 4. The van der Waals surface area contributed by atoms with Crippen LogP contribution in [0.5, 0.6) is 0 Å². The summed E-state index contributed by atoms with van der Waals surface area (Å²) in [5, 5.41) is 4.20. The van der Waals surface area contributed by atoms with Crippen LogP contribution in [0, 0.1) is 0 Å². The standard InChI is InChI=1S/C22H31N5O2/c1-21(2,3)20-24-18-16(19(29)25-20)8-10-22(18)9-5-12-26(15-22)17(28)7-4-13-27-14-6-11-23-27/h6,11,14H,4-5,7-10,12-13,15H2,1-3H3,(H,24,25,29). The van der Waals surface area contributed by atoms with Crippen LogP contribution in [0.4, 0.5) is 0 Å². The first-order valence-corrected chi connectivity index (χ1v) is 10.7. The third kappa shape index (κ3) is 3.87. The molecule has 1 spiro atoms. The number of amides is 1. The number of likely N-dealkylation sites (tertiary alicyclic amines) is 1. The second-order valence-corrected chi connectivity index (χ2v) is 9.56. The summed E-state index contributed by atoms with van der Waals surface area (Å²) in [6, 6.07) is 1.90. The van der Waals surface area contributed by atoms with Gasteiger partial charge < -0.3 is 9.88 Å².